The van der Waals surface area contributed by atoms with E-state index in [1.807, 2.05) is 0 Å². The van der Waals surface area contributed by atoms with Gasteiger partial charge < -0.3 is 5.11 Å². The van der Waals surface area contributed by atoms with Crippen molar-refractivity contribution in [2.24, 2.45) is 5.92 Å². The molecule has 2 atom stereocenters. The van der Waals surface area contributed by atoms with E-state index in [-0.39, 0.29) is 6.61 Å². The molecule has 3 nitrogen and oxygen atoms in total. The summed E-state index contributed by atoms with van der Waals surface area (Å²) < 4.78 is 0. The molecule has 3 heteroatoms. The van der Waals surface area contributed by atoms with Gasteiger partial charge in [-0.2, -0.15) is 0 Å². The van der Waals surface area contributed by atoms with Gasteiger partial charge in [0.05, 0.1) is 13.3 Å². The van der Waals surface area contributed by atoms with Gasteiger partial charge in [-0.1, -0.05) is 20.3 Å². The summed E-state index contributed by atoms with van der Waals surface area (Å²) in [6, 6.07) is 0.488. The lowest BCUT2D eigenvalue weighted by Crippen LogP contribution is -2.30. The van der Waals surface area contributed by atoms with Gasteiger partial charge in [-0.25, -0.2) is 0 Å². The standard InChI is InChI=1S/C16H28N2O/c1-3-5-14-11-15(14)6-7-16-12-17(9-10-19)13-18(16)8-4-2/h7,14,16,19H,3-5,8-13H2,1-2H3. The van der Waals surface area contributed by atoms with E-state index in [1.54, 1.807) is 0 Å². The van der Waals surface area contributed by atoms with Crippen molar-refractivity contribution in [3.8, 4) is 0 Å². The third-order valence-electron chi connectivity index (χ3n) is 4.12. The summed E-state index contributed by atoms with van der Waals surface area (Å²) in [5, 5.41) is 9.06. The van der Waals surface area contributed by atoms with Crippen molar-refractivity contribution < 1.29 is 5.11 Å². The minimum atomic E-state index is 0.260. The summed E-state index contributed by atoms with van der Waals surface area (Å²) in [6.45, 7) is 8.71. The molecule has 2 aliphatic rings. The second-order valence-corrected chi connectivity index (χ2v) is 5.85. The van der Waals surface area contributed by atoms with Crippen LogP contribution in [-0.4, -0.2) is 53.9 Å². The Labute approximate surface area is 117 Å². The summed E-state index contributed by atoms with van der Waals surface area (Å²) in [5.74, 6) is 0.829. The summed E-state index contributed by atoms with van der Waals surface area (Å²) in [6.07, 6.45) is 7.34. The summed E-state index contributed by atoms with van der Waals surface area (Å²) in [4.78, 5) is 4.83. The SMILES string of the molecule is CCCC1CC1=C=CC1CN(CCO)CN1CCC. The Morgan fingerprint density at radius 3 is 2.84 bits per heavy atom. The van der Waals surface area contributed by atoms with Crippen molar-refractivity contribution in [1.82, 2.24) is 9.80 Å². The number of rotatable bonds is 7. The highest BCUT2D eigenvalue weighted by molar-refractivity contribution is 5.23. The Morgan fingerprint density at radius 1 is 1.32 bits per heavy atom. The zero-order valence-electron chi connectivity index (χ0n) is 12.4. The van der Waals surface area contributed by atoms with Crippen molar-refractivity contribution >= 4 is 0 Å². The predicted molar refractivity (Wildman–Crippen MR) is 78.9 cm³/mol. The van der Waals surface area contributed by atoms with E-state index >= 15 is 0 Å². The largest absolute Gasteiger partial charge is 0.395 e. The Morgan fingerprint density at radius 2 is 2.16 bits per heavy atom. The lowest BCUT2D eigenvalue weighted by Gasteiger charge is -2.19. The van der Waals surface area contributed by atoms with Crippen LogP contribution in [0.3, 0.4) is 0 Å². The van der Waals surface area contributed by atoms with Crippen LogP contribution in [0.15, 0.2) is 17.4 Å². The van der Waals surface area contributed by atoms with Crippen molar-refractivity contribution in [3.05, 3.63) is 17.4 Å². The molecule has 1 N–H and O–H groups in total. The quantitative estimate of drug-likeness (QED) is 0.714. The molecule has 0 aromatic rings. The summed E-state index contributed by atoms with van der Waals surface area (Å²) >= 11 is 0. The van der Waals surface area contributed by atoms with Crippen molar-refractivity contribution in [3.63, 3.8) is 0 Å². The van der Waals surface area contributed by atoms with E-state index in [4.69, 9.17) is 5.11 Å². The number of aliphatic hydroxyl groups excluding tert-OH is 1. The van der Waals surface area contributed by atoms with Crippen LogP contribution < -0.4 is 0 Å². The lowest BCUT2D eigenvalue weighted by molar-refractivity contribution is 0.190. The van der Waals surface area contributed by atoms with E-state index in [2.05, 4.69) is 35.5 Å². The van der Waals surface area contributed by atoms with Crippen molar-refractivity contribution in [2.45, 2.75) is 45.6 Å². The first-order valence-electron chi connectivity index (χ1n) is 7.81. The second kappa shape index (κ2) is 7.25. The molecule has 0 amide bonds. The maximum Gasteiger partial charge on any atom is 0.0558 e. The molecular formula is C16H28N2O. The highest BCUT2D eigenvalue weighted by atomic mass is 16.3. The van der Waals surface area contributed by atoms with E-state index in [0.29, 0.717) is 6.04 Å². The van der Waals surface area contributed by atoms with Crippen LogP contribution >= 0.6 is 0 Å². The van der Waals surface area contributed by atoms with Gasteiger partial charge in [0, 0.05) is 19.1 Å². The molecule has 1 saturated heterocycles. The lowest BCUT2D eigenvalue weighted by atomic mass is 10.2. The van der Waals surface area contributed by atoms with Crippen LogP contribution in [0.4, 0.5) is 0 Å². The Bertz CT molecular complexity index is 347. The second-order valence-electron chi connectivity index (χ2n) is 5.85. The molecule has 19 heavy (non-hydrogen) atoms. The van der Waals surface area contributed by atoms with Gasteiger partial charge in [-0.05, 0) is 43.4 Å². The highest BCUT2D eigenvalue weighted by Crippen LogP contribution is 2.40. The first-order valence-corrected chi connectivity index (χ1v) is 7.81. The predicted octanol–water partition coefficient (Wildman–Crippen LogP) is 2.23. The van der Waals surface area contributed by atoms with E-state index in [0.717, 1.165) is 32.2 Å². The number of aliphatic hydroxyl groups is 1. The highest BCUT2D eigenvalue weighted by Gasteiger charge is 2.30. The van der Waals surface area contributed by atoms with E-state index in [1.165, 1.54) is 31.3 Å². The Kier molecular flexibility index (Phi) is 5.65. The average molecular weight is 264 g/mol. The number of β-amino-alcohol motifs (C(OH)–C–C–N with tert-alkyl or cyclic N) is 1. The van der Waals surface area contributed by atoms with Crippen LogP contribution in [0.5, 0.6) is 0 Å². The zero-order chi connectivity index (χ0) is 13.7. The first kappa shape index (κ1) is 14.8. The molecule has 2 unspecified atom stereocenters. The van der Waals surface area contributed by atoms with Gasteiger partial charge >= 0.3 is 0 Å². The molecule has 0 aromatic carbocycles. The van der Waals surface area contributed by atoms with Gasteiger partial charge in [0.2, 0.25) is 0 Å². The molecule has 1 saturated carbocycles. The maximum absolute atomic E-state index is 9.06. The van der Waals surface area contributed by atoms with E-state index in [9.17, 15) is 0 Å². The fourth-order valence-corrected chi connectivity index (χ4v) is 3.00. The normalized spacial score (nSPS) is 27.6. The van der Waals surface area contributed by atoms with Gasteiger partial charge in [-0.3, -0.25) is 9.80 Å². The van der Waals surface area contributed by atoms with Crippen LogP contribution in [0.1, 0.15) is 39.5 Å². The smallest absolute Gasteiger partial charge is 0.0558 e. The summed E-state index contributed by atoms with van der Waals surface area (Å²) in [5.41, 5.74) is 5.07. The molecule has 0 spiro atoms. The minimum Gasteiger partial charge on any atom is -0.395 e. The molecule has 1 aliphatic carbocycles. The van der Waals surface area contributed by atoms with Crippen LogP contribution in [0.25, 0.3) is 0 Å². The third-order valence-corrected chi connectivity index (χ3v) is 4.12. The number of nitrogens with zero attached hydrogens (tertiary/aromatic N) is 2. The minimum absolute atomic E-state index is 0.260. The fraction of sp³-hybridized carbons (Fsp3) is 0.812. The maximum atomic E-state index is 9.06. The van der Waals surface area contributed by atoms with Gasteiger partial charge in [-0.15, -0.1) is 5.73 Å². The van der Waals surface area contributed by atoms with E-state index < -0.39 is 0 Å². The van der Waals surface area contributed by atoms with Gasteiger partial charge in [0.15, 0.2) is 0 Å². The van der Waals surface area contributed by atoms with Crippen LogP contribution in [0, 0.1) is 5.92 Å². The van der Waals surface area contributed by atoms with Crippen LogP contribution in [0.2, 0.25) is 0 Å². The molecule has 1 heterocycles. The fourth-order valence-electron chi connectivity index (χ4n) is 3.00. The summed E-state index contributed by atoms with van der Waals surface area (Å²) in [7, 11) is 0. The zero-order valence-corrected chi connectivity index (χ0v) is 12.4. The molecule has 2 fully saturated rings. The van der Waals surface area contributed by atoms with Crippen molar-refractivity contribution in [1.29, 1.82) is 0 Å². The monoisotopic (exact) mass is 264 g/mol. The van der Waals surface area contributed by atoms with Gasteiger partial charge in [0.1, 0.15) is 0 Å². The number of hydrogen-bond acceptors (Lipinski definition) is 3. The third kappa shape index (κ3) is 4.19. The number of hydrogen-bond donors (Lipinski definition) is 1. The van der Waals surface area contributed by atoms with Gasteiger partial charge in [0.25, 0.3) is 0 Å². The molecule has 1 aliphatic heterocycles. The molecule has 0 radical (unpaired) electrons. The average Bonchev–Trinajstić information content (AvgIpc) is 3.02. The van der Waals surface area contributed by atoms with Crippen LogP contribution in [-0.2, 0) is 0 Å². The molecule has 2 rings (SSSR count). The molecule has 0 aromatic heterocycles. The van der Waals surface area contributed by atoms with Crippen molar-refractivity contribution in [2.75, 3.05) is 32.9 Å². The Hall–Kier alpha value is -0.600. The topological polar surface area (TPSA) is 26.7 Å². The molecular weight excluding hydrogens is 236 g/mol. The molecule has 108 valence electrons. The molecule has 0 bridgehead atoms. The Balaban J connectivity index is 1.92. The first-order chi connectivity index (χ1) is 9.28.